The molecule has 2 aromatic rings. The van der Waals surface area contributed by atoms with Crippen LogP contribution in [0.25, 0.3) is 0 Å². The number of anilines is 1. The Morgan fingerprint density at radius 1 is 1.39 bits per heavy atom. The second kappa shape index (κ2) is 4.88. The maximum absolute atomic E-state index is 11.3. The SMILES string of the molecule is NC(=O)c1c(N)ncn1Cc1ccc(Cl)cc1Cl. The zero-order valence-corrected chi connectivity index (χ0v) is 10.7. The second-order valence-corrected chi connectivity index (χ2v) is 4.55. The quantitative estimate of drug-likeness (QED) is 0.903. The predicted molar refractivity (Wildman–Crippen MR) is 70.7 cm³/mol. The normalized spacial score (nSPS) is 10.6. The Hall–Kier alpha value is -1.72. The third kappa shape index (κ3) is 2.42. The van der Waals surface area contributed by atoms with E-state index >= 15 is 0 Å². The maximum Gasteiger partial charge on any atom is 0.269 e. The summed E-state index contributed by atoms with van der Waals surface area (Å²) in [6, 6.07) is 5.11. The van der Waals surface area contributed by atoms with Gasteiger partial charge in [-0.3, -0.25) is 4.79 Å². The predicted octanol–water partition coefficient (Wildman–Crippen LogP) is 1.92. The van der Waals surface area contributed by atoms with Crippen LogP contribution in [0.4, 0.5) is 5.82 Å². The van der Waals surface area contributed by atoms with E-state index in [1.807, 2.05) is 0 Å². The molecule has 0 saturated carbocycles. The monoisotopic (exact) mass is 284 g/mol. The first-order valence-corrected chi connectivity index (χ1v) is 5.79. The van der Waals surface area contributed by atoms with Crippen molar-refractivity contribution in [1.29, 1.82) is 0 Å². The fourth-order valence-electron chi connectivity index (χ4n) is 1.62. The summed E-state index contributed by atoms with van der Waals surface area (Å²) in [4.78, 5) is 15.1. The second-order valence-electron chi connectivity index (χ2n) is 3.71. The average molecular weight is 285 g/mol. The summed E-state index contributed by atoms with van der Waals surface area (Å²) < 4.78 is 1.55. The van der Waals surface area contributed by atoms with Crippen molar-refractivity contribution in [3.05, 3.63) is 45.8 Å². The largest absolute Gasteiger partial charge is 0.382 e. The van der Waals surface area contributed by atoms with Crippen LogP contribution >= 0.6 is 23.2 Å². The van der Waals surface area contributed by atoms with E-state index < -0.39 is 5.91 Å². The number of halogens is 2. The number of imidazole rings is 1. The van der Waals surface area contributed by atoms with E-state index in [9.17, 15) is 4.79 Å². The highest BCUT2D eigenvalue weighted by Crippen LogP contribution is 2.22. The molecule has 18 heavy (non-hydrogen) atoms. The maximum atomic E-state index is 11.3. The third-order valence-corrected chi connectivity index (χ3v) is 3.04. The smallest absolute Gasteiger partial charge is 0.269 e. The van der Waals surface area contributed by atoms with Crippen LogP contribution in [0.15, 0.2) is 24.5 Å². The molecule has 1 aromatic heterocycles. The van der Waals surface area contributed by atoms with Crippen molar-refractivity contribution in [1.82, 2.24) is 9.55 Å². The Labute approximate surface area is 113 Å². The van der Waals surface area contributed by atoms with Crippen LogP contribution in [0.3, 0.4) is 0 Å². The van der Waals surface area contributed by atoms with E-state index in [0.29, 0.717) is 16.6 Å². The molecule has 0 aliphatic carbocycles. The summed E-state index contributed by atoms with van der Waals surface area (Å²) >= 11 is 11.9. The molecule has 0 bridgehead atoms. The third-order valence-electron chi connectivity index (χ3n) is 2.46. The molecule has 0 saturated heterocycles. The van der Waals surface area contributed by atoms with Crippen molar-refractivity contribution in [2.75, 3.05) is 5.73 Å². The van der Waals surface area contributed by atoms with Gasteiger partial charge in [-0.25, -0.2) is 4.98 Å². The molecule has 0 unspecified atom stereocenters. The van der Waals surface area contributed by atoms with Gasteiger partial charge in [-0.1, -0.05) is 29.3 Å². The van der Waals surface area contributed by atoms with Gasteiger partial charge < -0.3 is 16.0 Å². The number of rotatable bonds is 3. The van der Waals surface area contributed by atoms with Gasteiger partial charge in [0.15, 0.2) is 11.5 Å². The Kier molecular flexibility index (Phi) is 3.45. The lowest BCUT2D eigenvalue weighted by atomic mass is 10.2. The minimum Gasteiger partial charge on any atom is -0.382 e. The van der Waals surface area contributed by atoms with Crippen LogP contribution in [0.1, 0.15) is 16.1 Å². The van der Waals surface area contributed by atoms with Crippen molar-refractivity contribution in [2.45, 2.75) is 6.54 Å². The molecule has 5 nitrogen and oxygen atoms in total. The summed E-state index contributed by atoms with van der Waals surface area (Å²) in [6.07, 6.45) is 1.44. The molecular weight excluding hydrogens is 275 g/mol. The molecule has 1 heterocycles. The Bertz CT molecular complexity index is 609. The number of nitrogen functional groups attached to an aromatic ring is 1. The van der Waals surface area contributed by atoms with Crippen LogP contribution in [0.5, 0.6) is 0 Å². The number of primary amides is 1. The van der Waals surface area contributed by atoms with Gasteiger partial charge in [0.2, 0.25) is 0 Å². The number of carbonyl (C=O) groups is 1. The van der Waals surface area contributed by atoms with Crippen LogP contribution in [-0.4, -0.2) is 15.5 Å². The number of hydrogen-bond acceptors (Lipinski definition) is 3. The summed E-state index contributed by atoms with van der Waals surface area (Å²) in [5.41, 5.74) is 11.8. The molecule has 2 rings (SSSR count). The molecule has 0 aliphatic rings. The molecule has 0 fully saturated rings. The van der Waals surface area contributed by atoms with Crippen LogP contribution in [0.2, 0.25) is 10.0 Å². The highest BCUT2D eigenvalue weighted by molar-refractivity contribution is 6.35. The Morgan fingerprint density at radius 2 is 2.11 bits per heavy atom. The van der Waals surface area contributed by atoms with Crippen molar-refractivity contribution in [2.24, 2.45) is 5.73 Å². The number of hydrogen-bond donors (Lipinski definition) is 2. The molecule has 1 aromatic carbocycles. The highest BCUT2D eigenvalue weighted by atomic mass is 35.5. The summed E-state index contributed by atoms with van der Waals surface area (Å²) in [6.45, 7) is 0.346. The van der Waals surface area contributed by atoms with Gasteiger partial charge in [0.25, 0.3) is 5.91 Å². The number of nitrogens with two attached hydrogens (primary N) is 2. The van der Waals surface area contributed by atoms with Crippen molar-refractivity contribution >= 4 is 34.9 Å². The van der Waals surface area contributed by atoms with Crippen molar-refractivity contribution in [3.8, 4) is 0 Å². The first kappa shape index (κ1) is 12.7. The van der Waals surface area contributed by atoms with Gasteiger partial charge in [-0.15, -0.1) is 0 Å². The number of aromatic nitrogens is 2. The summed E-state index contributed by atoms with van der Waals surface area (Å²) in [7, 11) is 0. The highest BCUT2D eigenvalue weighted by Gasteiger charge is 2.14. The molecule has 0 atom stereocenters. The molecule has 7 heteroatoms. The Balaban J connectivity index is 2.37. The van der Waals surface area contributed by atoms with E-state index in [2.05, 4.69) is 4.98 Å². The van der Waals surface area contributed by atoms with Gasteiger partial charge in [0, 0.05) is 10.0 Å². The van der Waals surface area contributed by atoms with E-state index in [-0.39, 0.29) is 11.5 Å². The Morgan fingerprint density at radius 3 is 2.72 bits per heavy atom. The standard InChI is InChI=1S/C11H10Cl2N4O/c12-7-2-1-6(8(13)3-7)4-17-5-16-10(14)9(17)11(15)18/h1-3,5H,4,14H2,(H2,15,18). The molecule has 0 aliphatic heterocycles. The fraction of sp³-hybridized carbons (Fsp3) is 0.0909. The first-order valence-electron chi connectivity index (χ1n) is 5.03. The van der Waals surface area contributed by atoms with E-state index in [4.69, 9.17) is 34.7 Å². The molecule has 1 amide bonds. The van der Waals surface area contributed by atoms with Gasteiger partial charge in [0.05, 0.1) is 12.9 Å². The number of carbonyl (C=O) groups excluding carboxylic acids is 1. The molecule has 4 N–H and O–H groups in total. The zero-order valence-electron chi connectivity index (χ0n) is 9.23. The van der Waals surface area contributed by atoms with Gasteiger partial charge >= 0.3 is 0 Å². The number of amides is 1. The minimum absolute atomic E-state index is 0.104. The van der Waals surface area contributed by atoms with Gasteiger partial charge in [0.1, 0.15) is 0 Å². The topological polar surface area (TPSA) is 86.9 Å². The van der Waals surface area contributed by atoms with Crippen molar-refractivity contribution < 1.29 is 4.79 Å². The number of benzene rings is 1. The van der Waals surface area contributed by atoms with E-state index in [0.717, 1.165) is 5.56 Å². The number of nitrogens with zero attached hydrogens (tertiary/aromatic N) is 2. The summed E-state index contributed by atoms with van der Waals surface area (Å²) in [5, 5.41) is 1.05. The van der Waals surface area contributed by atoms with Crippen molar-refractivity contribution in [3.63, 3.8) is 0 Å². The molecule has 0 radical (unpaired) electrons. The van der Waals surface area contributed by atoms with E-state index in [1.165, 1.54) is 6.33 Å². The fourth-order valence-corrected chi connectivity index (χ4v) is 2.09. The molecular formula is C11H10Cl2N4O. The first-order chi connectivity index (χ1) is 8.49. The lowest BCUT2D eigenvalue weighted by Crippen LogP contribution is -2.18. The van der Waals surface area contributed by atoms with Gasteiger partial charge in [-0.05, 0) is 17.7 Å². The zero-order chi connectivity index (χ0) is 13.3. The van der Waals surface area contributed by atoms with E-state index in [1.54, 1.807) is 22.8 Å². The van der Waals surface area contributed by atoms with Crippen LogP contribution < -0.4 is 11.5 Å². The van der Waals surface area contributed by atoms with Crippen LogP contribution in [0, 0.1) is 0 Å². The molecule has 0 spiro atoms. The average Bonchev–Trinajstić information content (AvgIpc) is 2.64. The molecule has 94 valence electrons. The summed E-state index contributed by atoms with van der Waals surface area (Å²) in [5.74, 6) is -0.525. The van der Waals surface area contributed by atoms with Crippen LogP contribution in [-0.2, 0) is 6.54 Å². The minimum atomic E-state index is -0.630. The van der Waals surface area contributed by atoms with Gasteiger partial charge in [-0.2, -0.15) is 0 Å². The lowest BCUT2D eigenvalue weighted by molar-refractivity contribution is 0.0993. The lowest BCUT2D eigenvalue weighted by Gasteiger charge is -2.08.